The summed E-state index contributed by atoms with van der Waals surface area (Å²) in [6.45, 7) is 2.63. The maximum Gasteiger partial charge on any atom is 0.326 e. The third-order valence-electron chi connectivity index (χ3n) is 8.56. The van der Waals surface area contributed by atoms with Gasteiger partial charge in [-0.25, -0.2) is 9.78 Å². The number of fused-ring (bicyclic) bond motifs is 1. The summed E-state index contributed by atoms with van der Waals surface area (Å²) in [5.41, 5.74) is 7.79. The highest BCUT2D eigenvalue weighted by molar-refractivity contribution is 5.97. The van der Waals surface area contributed by atoms with Crippen molar-refractivity contribution in [3.8, 4) is 0 Å². The molecule has 20 nitrogen and oxygen atoms in total. The van der Waals surface area contributed by atoms with Gasteiger partial charge in [0.25, 0.3) is 0 Å². The van der Waals surface area contributed by atoms with Crippen molar-refractivity contribution in [1.29, 1.82) is 0 Å². The Balaban J connectivity index is 1.64. The van der Waals surface area contributed by atoms with E-state index in [1.807, 2.05) is 18.2 Å². The van der Waals surface area contributed by atoms with Gasteiger partial charge in [-0.2, -0.15) is 0 Å². The van der Waals surface area contributed by atoms with Gasteiger partial charge in [0.15, 0.2) is 0 Å². The first kappa shape index (κ1) is 42.1. The lowest BCUT2D eigenvalue weighted by atomic mass is 9.97. The number of H-pyrrole nitrogens is 2. The maximum atomic E-state index is 13.4. The molecule has 3 rings (SSSR count). The molecule has 54 heavy (non-hydrogen) atoms. The Hall–Kier alpha value is -6.31. The Morgan fingerprint density at radius 3 is 2.13 bits per heavy atom. The van der Waals surface area contributed by atoms with Crippen LogP contribution in [0, 0.1) is 5.92 Å². The predicted octanol–water partition coefficient (Wildman–Crippen LogP) is -1.47. The van der Waals surface area contributed by atoms with Gasteiger partial charge in [0, 0.05) is 42.6 Å². The van der Waals surface area contributed by atoms with Crippen molar-refractivity contribution in [3.63, 3.8) is 0 Å². The van der Waals surface area contributed by atoms with Crippen molar-refractivity contribution < 1.29 is 53.7 Å². The van der Waals surface area contributed by atoms with Gasteiger partial charge < -0.3 is 57.6 Å². The number of carboxylic acid groups (broad SMARTS) is 3. The van der Waals surface area contributed by atoms with Gasteiger partial charge in [-0.15, -0.1) is 0 Å². The largest absolute Gasteiger partial charge is 0.481 e. The molecule has 0 spiro atoms. The quantitative estimate of drug-likeness (QED) is 0.0559. The molecule has 3 aromatic rings. The fraction of sp³-hybridized carbons (Fsp3) is 0.441. The second kappa shape index (κ2) is 20.1. The number of carbonyl (C=O) groups excluding carboxylic acids is 5. The molecule has 292 valence electrons. The van der Waals surface area contributed by atoms with Gasteiger partial charge in [-0.1, -0.05) is 38.5 Å². The SMILES string of the molecule is CC[C@H](C)[C@H](NC(=O)CNC(=O)[C@H](CC(=O)O)NC(=O)[C@H](CCC(=O)O)NC(=O)[C@H](N)Cc1c[nH]cn1)C(=O)N[C@@H](Cc1c[nH]c2ccccc12)C(=O)O. The van der Waals surface area contributed by atoms with Crippen LogP contribution >= 0.6 is 0 Å². The molecule has 6 atom stereocenters. The van der Waals surface area contributed by atoms with Crippen LogP contribution < -0.4 is 32.3 Å². The highest BCUT2D eigenvalue weighted by Gasteiger charge is 2.32. The second-order valence-corrected chi connectivity index (χ2v) is 12.6. The van der Waals surface area contributed by atoms with Gasteiger partial charge in [0.05, 0.1) is 31.0 Å². The van der Waals surface area contributed by atoms with Crippen molar-refractivity contribution in [2.45, 2.75) is 82.6 Å². The molecule has 0 aliphatic rings. The summed E-state index contributed by atoms with van der Waals surface area (Å²) >= 11 is 0. The van der Waals surface area contributed by atoms with Crippen molar-refractivity contribution in [3.05, 3.63) is 54.2 Å². The van der Waals surface area contributed by atoms with E-state index in [9.17, 15) is 48.6 Å². The number of carbonyl (C=O) groups is 8. The van der Waals surface area contributed by atoms with E-state index in [2.05, 4.69) is 41.5 Å². The monoisotopic (exact) mass is 755 g/mol. The summed E-state index contributed by atoms with van der Waals surface area (Å²) in [6.07, 6.45) is 2.85. The van der Waals surface area contributed by atoms with Crippen LogP contribution in [0.1, 0.15) is 50.8 Å². The summed E-state index contributed by atoms with van der Waals surface area (Å²) < 4.78 is 0. The molecule has 2 heterocycles. The average Bonchev–Trinajstić information content (AvgIpc) is 3.79. The van der Waals surface area contributed by atoms with Crippen LogP contribution in [0.4, 0.5) is 0 Å². The second-order valence-electron chi connectivity index (χ2n) is 12.6. The van der Waals surface area contributed by atoms with Crippen LogP contribution in [-0.4, -0.2) is 114 Å². The summed E-state index contributed by atoms with van der Waals surface area (Å²) in [7, 11) is 0. The average molecular weight is 756 g/mol. The topological polar surface area (TPSA) is 328 Å². The maximum absolute atomic E-state index is 13.4. The molecule has 1 aromatic carbocycles. The lowest BCUT2D eigenvalue weighted by Crippen LogP contribution is -2.58. The van der Waals surface area contributed by atoms with E-state index < -0.39 is 109 Å². The summed E-state index contributed by atoms with van der Waals surface area (Å²) in [5.74, 6) is -9.32. The first-order valence-corrected chi connectivity index (χ1v) is 17.0. The third-order valence-corrected chi connectivity index (χ3v) is 8.56. The van der Waals surface area contributed by atoms with Gasteiger partial charge >= 0.3 is 17.9 Å². The minimum Gasteiger partial charge on any atom is -0.481 e. The van der Waals surface area contributed by atoms with E-state index in [-0.39, 0.29) is 12.8 Å². The Morgan fingerprint density at radius 1 is 0.815 bits per heavy atom. The van der Waals surface area contributed by atoms with E-state index in [0.29, 0.717) is 17.7 Å². The zero-order valence-electron chi connectivity index (χ0n) is 29.6. The summed E-state index contributed by atoms with van der Waals surface area (Å²) in [4.78, 5) is 110. The molecule has 0 saturated carbocycles. The normalized spacial score (nSPS) is 14.4. The Labute approximate surface area is 308 Å². The smallest absolute Gasteiger partial charge is 0.326 e. The molecule has 0 unspecified atom stereocenters. The van der Waals surface area contributed by atoms with Crippen molar-refractivity contribution in [1.82, 2.24) is 41.5 Å². The number of benzene rings is 1. The number of nitrogens with two attached hydrogens (primary N) is 1. The van der Waals surface area contributed by atoms with Crippen LogP contribution in [0.2, 0.25) is 0 Å². The highest BCUT2D eigenvalue weighted by Crippen LogP contribution is 2.19. The van der Waals surface area contributed by atoms with E-state index in [0.717, 1.165) is 10.9 Å². The summed E-state index contributed by atoms with van der Waals surface area (Å²) in [5, 5.41) is 40.9. The number of nitrogens with zero attached hydrogens (tertiary/aromatic N) is 1. The standard InChI is InChI=1S/C34H45N9O11/c1-3-17(2)29(33(52)42-25(34(53)54)10-18-13-37-22-7-5-4-6-20(18)22)43-26(44)15-38-31(50)24(12-28(47)48)41-32(51)23(8-9-27(45)46)40-30(49)21(35)11-19-14-36-16-39-19/h4-7,13-14,16-17,21,23-25,29,37H,3,8-12,15,35H2,1-2H3,(H,36,39)(H,38,50)(H,40,49)(H,41,51)(H,42,52)(H,43,44)(H,45,46)(H,47,48)(H,53,54)/t17-,21+,23-,24-,25-,29-/m0/s1. The predicted molar refractivity (Wildman–Crippen MR) is 189 cm³/mol. The van der Waals surface area contributed by atoms with Crippen LogP contribution in [0.3, 0.4) is 0 Å². The van der Waals surface area contributed by atoms with Gasteiger partial charge in [-0.3, -0.25) is 33.6 Å². The number of aromatic nitrogens is 3. The zero-order chi connectivity index (χ0) is 39.9. The lowest BCUT2D eigenvalue weighted by molar-refractivity contribution is -0.142. The van der Waals surface area contributed by atoms with Crippen LogP contribution in [0.25, 0.3) is 10.9 Å². The molecule has 20 heteroatoms. The minimum atomic E-state index is -1.78. The number of amides is 5. The minimum absolute atomic E-state index is 0.0284. The van der Waals surface area contributed by atoms with E-state index in [1.165, 1.54) is 12.5 Å². The van der Waals surface area contributed by atoms with Gasteiger partial charge in [-0.05, 0) is 24.0 Å². The van der Waals surface area contributed by atoms with Crippen molar-refractivity contribution in [2.24, 2.45) is 11.7 Å². The van der Waals surface area contributed by atoms with E-state index in [1.54, 1.807) is 26.1 Å². The van der Waals surface area contributed by atoms with Crippen molar-refractivity contribution in [2.75, 3.05) is 6.54 Å². The number of imidazole rings is 1. The molecule has 0 saturated heterocycles. The third kappa shape index (κ3) is 12.7. The van der Waals surface area contributed by atoms with E-state index >= 15 is 0 Å². The number of rotatable bonds is 22. The molecule has 0 aliphatic carbocycles. The fourth-order valence-electron chi connectivity index (χ4n) is 5.39. The molecule has 0 fully saturated rings. The van der Waals surface area contributed by atoms with Crippen LogP contribution in [0.5, 0.6) is 0 Å². The number of aliphatic carboxylic acids is 3. The first-order chi connectivity index (χ1) is 25.6. The van der Waals surface area contributed by atoms with Gasteiger partial charge in [0.1, 0.15) is 24.2 Å². The Kier molecular flexibility index (Phi) is 15.6. The lowest BCUT2D eigenvalue weighted by Gasteiger charge is -2.26. The molecule has 5 amide bonds. The molecule has 0 bridgehead atoms. The molecule has 12 N–H and O–H groups in total. The molecular formula is C34H45N9O11. The zero-order valence-corrected chi connectivity index (χ0v) is 29.6. The fourth-order valence-corrected chi connectivity index (χ4v) is 5.39. The van der Waals surface area contributed by atoms with Gasteiger partial charge in [0.2, 0.25) is 29.5 Å². The number of hydrogen-bond acceptors (Lipinski definition) is 10. The molecule has 0 radical (unpaired) electrons. The summed E-state index contributed by atoms with van der Waals surface area (Å²) in [6, 6.07) is 0.149. The highest BCUT2D eigenvalue weighted by atomic mass is 16.4. The number of para-hydroxylation sites is 1. The Bertz CT molecular complexity index is 1810. The van der Waals surface area contributed by atoms with Crippen LogP contribution in [0.15, 0.2) is 43.0 Å². The number of carboxylic acids is 3. The Morgan fingerprint density at radius 2 is 1.50 bits per heavy atom. The number of aromatic amines is 2. The number of hydrogen-bond donors (Lipinski definition) is 11. The van der Waals surface area contributed by atoms with Crippen LogP contribution in [-0.2, 0) is 51.2 Å². The number of nitrogens with one attached hydrogen (secondary N) is 7. The van der Waals surface area contributed by atoms with Crippen molar-refractivity contribution >= 4 is 58.3 Å². The van der Waals surface area contributed by atoms with E-state index in [4.69, 9.17) is 10.8 Å². The molecule has 2 aromatic heterocycles. The molecular weight excluding hydrogens is 710 g/mol. The molecule has 0 aliphatic heterocycles. The first-order valence-electron chi connectivity index (χ1n) is 17.0.